The number of nitrogens with one attached hydrogen (secondary N) is 2. The number of benzene rings is 2. The second kappa shape index (κ2) is 9.35. The second-order valence-corrected chi connectivity index (χ2v) is 9.81. The van der Waals surface area contributed by atoms with E-state index in [1.807, 2.05) is 12.1 Å². The lowest BCUT2D eigenvalue weighted by atomic mass is 10.0. The van der Waals surface area contributed by atoms with Crippen LogP contribution < -0.4 is 10.6 Å². The highest BCUT2D eigenvalue weighted by atomic mass is 19.1. The van der Waals surface area contributed by atoms with Gasteiger partial charge in [-0.2, -0.15) is 0 Å². The first-order valence-electron chi connectivity index (χ1n) is 11.3. The molecule has 6 nitrogen and oxygen atoms in total. The van der Waals surface area contributed by atoms with Gasteiger partial charge in [0.25, 0.3) is 5.91 Å². The van der Waals surface area contributed by atoms with Crippen LogP contribution in [0.5, 0.6) is 0 Å². The quantitative estimate of drug-likeness (QED) is 0.606. The molecule has 174 valence electrons. The number of halogens is 1. The van der Waals surface area contributed by atoms with Crippen molar-refractivity contribution in [2.24, 2.45) is 5.92 Å². The average molecular weight is 452 g/mol. The number of ether oxygens (including phenoxy) is 1. The summed E-state index contributed by atoms with van der Waals surface area (Å²) in [6, 6.07) is 11.1. The van der Waals surface area contributed by atoms with E-state index in [0.29, 0.717) is 5.56 Å². The lowest BCUT2D eigenvalue weighted by Crippen LogP contribution is -2.41. The minimum atomic E-state index is -0.729. The van der Waals surface area contributed by atoms with Crippen LogP contribution in [0.2, 0.25) is 0 Å². The molecule has 1 heterocycles. The van der Waals surface area contributed by atoms with Crippen LogP contribution in [0.4, 0.5) is 20.6 Å². The lowest BCUT2D eigenvalue weighted by Gasteiger charge is -2.34. The van der Waals surface area contributed by atoms with Gasteiger partial charge in [0.05, 0.1) is 11.4 Å². The van der Waals surface area contributed by atoms with Crippen LogP contribution in [-0.4, -0.2) is 42.1 Å². The second-order valence-electron chi connectivity index (χ2n) is 9.81. The Balaban J connectivity index is 1.37. The number of anilines is 2. The summed E-state index contributed by atoms with van der Waals surface area (Å²) in [6.07, 6.45) is 4.19. The molecule has 0 spiro atoms. The molecule has 0 radical (unpaired) electrons. The summed E-state index contributed by atoms with van der Waals surface area (Å²) in [6.45, 7) is 8.46. The van der Waals surface area contributed by atoms with E-state index in [1.165, 1.54) is 37.1 Å². The van der Waals surface area contributed by atoms with E-state index in [9.17, 15) is 14.0 Å². The van der Waals surface area contributed by atoms with Gasteiger partial charge in [-0.3, -0.25) is 15.0 Å². The van der Waals surface area contributed by atoms with Crippen LogP contribution in [0.25, 0.3) is 6.08 Å². The Labute approximate surface area is 193 Å². The molecule has 0 unspecified atom stereocenters. The molecule has 1 aliphatic heterocycles. The van der Waals surface area contributed by atoms with Crippen molar-refractivity contribution in [2.75, 3.05) is 30.3 Å². The van der Waals surface area contributed by atoms with Crippen molar-refractivity contribution >= 4 is 29.5 Å². The first kappa shape index (κ1) is 23.0. The summed E-state index contributed by atoms with van der Waals surface area (Å²) >= 11 is 0. The van der Waals surface area contributed by atoms with Crippen LogP contribution >= 0.6 is 0 Å². The Morgan fingerprint density at radius 1 is 1.06 bits per heavy atom. The summed E-state index contributed by atoms with van der Waals surface area (Å²) in [7, 11) is 0. The Hall–Kier alpha value is -3.19. The molecule has 2 N–H and O–H groups in total. The van der Waals surface area contributed by atoms with Crippen molar-refractivity contribution in [3.05, 3.63) is 65.0 Å². The molecule has 2 aromatic carbocycles. The van der Waals surface area contributed by atoms with Crippen LogP contribution in [0.3, 0.4) is 0 Å². The normalized spacial score (nSPS) is 16.1. The van der Waals surface area contributed by atoms with Crippen molar-refractivity contribution in [3.8, 4) is 0 Å². The van der Waals surface area contributed by atoms with Crippen molar-refractivity contribution in [1.82, 2.24) is 4.90 Å². The molecule has 2 fully saturated rings. The topological polar surface area (TPSA) is 70.7 Å². The third-order valence-corrected chi connectivity index (χ3v) is 5.48. The van der Waals surface area contributed by atoms with Gasteiger partial charge < -0.3 is 10.1 Å². The highest BCUT2D eigenvalue weighted by Crippen LogP contribution is 2.32. The number of hydrogen-bond acceptors (Lipinski definition) is 4. The molecular formula is C26H30FN3O3. The molecule has 0 aromatic heterocycles. The number of amides is 2. The zero-order valence-electron chi connectivity index (χ0n) is 19.3. The van der Waals surface area contributed by atoms with Gasteiger partial charge >= 0.3 is 6.09 Å². The number of carbonyl (C=O) groups excluding carboxylic acids is 2. The zero-order valence-corrected chi connectivity index (χ0v) is 19.3. The van der Waals surface area contributed by atoms with E-state index < -0.39 is 17.5 Å². The molecule has 0 bridgehead atoms. The van der Waals surface area contributed by atoms with E-state index in [4.69, 9.17) is 4.74 Å². The summed E-state index contributed by atoms with van der Waals surface area (Å²) in [5.41, 5.74) is 2.63. The zero-order chi connectivity index (χ0) is 23.6. The summed E-state index contributed by atoms with van der Waals surface area (Å²) < 4.78 is 19.0. The SMILES string of the molecule is CC(C)(C)OC(=O)Nc1cc(F)ccc1NC(=O)c1ccc(C=C2CN(CC3CC3)C2)cc1. The van der Waals surface area contributed by atoms with Crippen LogP contribution in [0.15, 0.2) is 48.0 Å². The molecule has 0 atom stereocenters. The molecule has 2 aliphatic rings. The predicted molar refractivity (Wildman–Crippen MR) is 128 cm³/mol. The fraction of sp³-hybridized carbons (Fsp3) is 0.385. The van der Waals surface area contributed by atoms with Crippen LogP contribution in [0.1, 0.15) is 49.5 Å². The van der Waals surface area contributed by atoms with Gasteiger partial charge in [-0.25, -0.2) is 9.18 Å². The number of nitrogens with zero attached hydrogens (tertiary/aromatic N) is 1. The Morgan fingerprint density at radius 3 is 2.39 bits per heavy atom. The van der Waals surface area contributed by atoms with Crippen LogP contribution in [-0.2, 0) is 4.74 Å². The average Bonchev–Trinajstić information content (AvgIpc) is 3.51. The van der Waals surface area contributed by atoms with Gasteiger partial charge in [-0.1, -0.05) is 18.2 Å². The highest BCUT2D eigenvalue weighted by Gasteiger charge is 2.28. The maximum Gasteiger partial charge on any atom is 0.412 e. The predicted octanol–water partition coefficient (Wildman–Crippen LogP) is 5.53. The number of hydrogen-bond donors (Lipinski definition) is 2. The number of carbonyl (C=O) groups is 2. The van der Waals surface area contributed by atoms with Crippen LogP contribution in [0, 0.1) is 11.7 Å². The molecule has 33 heavy (non-hydrogen) atoms. The minimum absolute atomic E-state index is 0.125. The summed E-state index contributed by atoms with van der Waals surface area (Å²) in [5, 5.41) is 5.24. The van der Waals surface area contributed by atoms with Crippen molar-refractivity contribution in [1.29, 1.82) is 0 Å². The van der Waals surface area contributed by atoms with Crippen molar-refractivity contribution in [2.45, 2.75) is 39.2 Å². The molecular weight excluding hydrogens is 421 g/mol. The first-order valence-corrected chi connectivity index (χ1v) is 11.3. The van der Waals surface area contributed by atoms with Gasteiger partial charge in [-0.05, 0) is 81.0 Å². The van der Waals surface area contributed by atoms with E-state index in [0.717, 1.165) is 30.6 Å². The Morgan fingerprint density at radius 2 is 1.76 bits per heavy atom. The third-order valence-electron chi connectivity index (χ3n) is 5.48. The van der Waals surface area contributed by atoms with Gasteiger partial charge in [0, 0.05) is 25.2 Å². The van der Waals surface area contributed by atoms with Gasteiger partial charge in [0.15, 0.2) is 0 Å². The molecule has 7 heteroatoms. The Kier molecular flexibility index (Phi) is 6.51. The fourth-order valence-corrected chi connectivity index (χ4v) is 3.72. The minimum Gasteiger partial charge on any atom is -0.444 e. The van der Waals surface area contributed by atoms with Gasteiger partial charge in [-0.15, -0.1) is 0 Å². The maximum atomic E-state index is 13.8. The maximum absolute atomic E-state index is 13.8. The number of rotatable bonds is 6. The van der Waals surface area contributed by atoms with E-state index in [1.54, 1.807) is 32.9 Å². The molecule has 1 aliphatic carbocycles. The van der Waals surface area contributed by atoms with E-state index in [-0.39, 0.29) is 17.3 Å². The monoisotopic (exact) mass is 451 g/mol. The molecule has 1 saturated carbocycles. The molecule has 2 aromatic rings. The summed E-state index contributed by atoms with van der Waals surface area (Å²) in [4.78, 5) is 27.3. The smallest absolute Gasteiger partial charge is 0.412 e. The van der Waals surface area contributed by atoms with Crippen molar-refractivity contribution < 1.29 is 18.7 Å². The van der Waals surface area contributed by atoms with Gasteiger partial charge in [0.2, 0.25) is 0 Å². The lowest BCUT2D eigenvalue weighted by molar-refractivity contribution is 0.0635. The van der Waals surface area contributed by atoms with E-state index in [2.05, 4.69) is 21.6 Å². The summed E-state index contributed by atoms with van der Waals surface area (Å²) in [5.74, 6) is 0.0146. The largest absolute Gasteiger partial charge is 0.444 e. The first-order chi connectivity index (χ1) is 15.6. The standard InChI is InChI=1S/C26H30FN3O3/c1-26(2,3)33-25(32)29-23-13-21(27)10-11-22(23)28-24(31)20-8-6-17(7-9-20)12-19-15-30(16-19)14-18-4-5-18/h6-13,18H,4-5,14-16H2,1-3H3,(H,28,31)(H,29,32). The third kappa shape index (κ3) is 6.65. The van der Waals surface area contributed by atoms with Crippen molar-refractivity contribution in [3.63, 3.8) is 0 Å². The Bertz CT molecular complexity index is 1060. The van der Waals surface area contributed by atoms with E-state index >= 15 is 0 Å². The number of likely N-dealkylation sites (tertiary alicyclic amines) is 1. The molecule has 2 amide bonds. The highest BCUT2D eigenvalue weighted by molar-refractivity contribution is 6.07. The van der Waals surface area contributed by atoms with Gasteiger partial charge in [0.1, 0.15) is 11.4 Å². The molecule has 1 saturated heterocycles. The molecule has 4 rings (SSSR count). The fourth-order valence-electron chi connectivity index (χ4n) is 3.72.